The van der Waals surface area contributed by atoms with Crippen molar-refractivity contribution in [2.24, 2.45) is 0 Å². The Bertz CT molecular complexity index is 599. The summed E-state index contributed by atoms with van der Waals surface area (Å²) < 4.78 is 13.3. The number of carbonyl (C=O) groups excluding carboxylic acids is 1. The van der Waals surface area contributed by atoms with E-state index in [2.05, 4.69) is 15.6 Å². The van der Waals surface area contributed by atoms with E-state index in [4.69, 9.17) is 0 Å². The molecule has 0 aliphatic carbocycles. The molecule has 1 heterocycles. The first-order chi connectivity index (χ1) is 9.75. The summed E-state index contributed by atoms with van der Waals surface area (Å²) in [5, 5.41) is 5.18. The second-order valence-corrected chi connectivity index (χ2v) is 4.04. The van der Waals surface area contributed by atoms with E-state index >= 15 is 0 Å². The van der Waals surface area contributed by atoms with Crippen LogP contribution in [0, 0.1) is 5.82 Å². The highest BCUT2D eigenvalue weighted by Crippen LogP contribution is 2.07. The number of hydrogen-bond donors (Lipinski definition) is 2. The van der Waals surface area contributed by atoms with Crippen LogP contribution in [0.25, 0.3) is 6.08 Å². The maximum absolute atomic E-state index is 13.3. The largest absolute Gasteiger partial charge is 0.334 e. The van der Waals surface area contributed by atoms with Crippen LogP contribution in [-0.2, 0) is 6.54 Å². The molecule has 0 unspecified atom stereocenters. The second-order valence-electron chi connectivity index (χ2n) is 4.04. The number of hydrogen-bond acceptors (Lipinski definition) is 2. The van der Waals surface area contributed by atoms with Gasteiger partial charge in [-0.1, -0.05) is 24.3 Å². The topological polar surface area (TPSA) is 54.0 Å². The quantitative estimate of drug-likeness (QED) is 0.898. The zero-order valence-electron chi connectivity index (χ0n) is 10.7. The summed E-state index contributed by atoms with van der Waals surface area (Å²) in [5.41, 5.74) is 1.32. The van der Waals surface area contributed by atoms with Crippen molar-refractivity contribution in [3.05, 3.63) is 71.9 Å². The van der Waals surface area contributed by atoms with Gasteiger partial charge in [0.05, 0.1) is 0 Å². The third-order valence-electron chi connectivity index (χ3n) is 2.56. The minimum absolute atomic E-state index is 0.332. The average molecular weight is 271 g/mol. The molecular weight excluding hydrogens is 257 g/mol. The van der Waals surface area contributed by atoms with Crippen LogP contribution in [0.5, 0.6) is 0 Å². The molecule has 0 fully saturated rings. The van der Waals surface area contributed by atoms with E-state index in [0.29, 0.717) is 12.1 Å². The molecular formula is C15H14FN3O. The van der Waals surface area contributed by atoms with Crippen LogP contribution in [0.3, 0.4) is 0 Å². The highest BCUT2D eigenvalue weighted by atomic mass is 19.1. The van der Waals surface area contributed by atoms with E-state index in [-0.39, 0.29) is 11.8 Å². The summed E-state index contributed by atoms with van der Waals surface area (Å²) >= 11 is 0. The molecule has 4 nitrogen and oxygen atoms in total. The molecule has 0 aliphatic rings. The van der Waals surface area contributed by atoms with E-state index in [0.717, 1.165) is 5.56 Å². The molecule has 2 amide bonds. The molecule has 2 N–H and O–H groups in total. The number of carbonyl (C=O) groups is 1. The van der Waals surface area contributed by atoms with Gasteiger partial charge in [0.25, 0.3) is 0 Å². The van der Waals surface area contributed by atoms with Crippen LogP contribution < -0.4 is 10.6 Å². The molecule has 5 heteroatoms. The van der Waals surface area contributed by atoms with Crippen molar-refractivity contribution >= 4 is 12.1 Å². The van der Waals surface area contributed by atoms with Crippen molar-refractivity contribution in [3.8, 4) is 0 Å². The number of pyridine rings is 1. The first kappa shape index (κ1) is 13.7. The van der Waals surface area contributed by atoms with Gasteiger partial charge in [-0.3, -0.25) is 4.98 Å². The molecule has 0 aliphatic heterocycles. The number of amides is 2. The first-order valence-electron chi connectivity index (χ1n) is 6.10. The van der Waals surface area contributed by atoms with E-state index < -0.39 is 0 Å². The van der Waals surface area contributed by atoms with Crippen LogP contribution in [0.2, 0.25) is 0 Å². The number of nitrogens with one attached hydrogen (secondary N) is 2. The van der Waals surface area contributed by atoms with Gasteiger partial charge in [-0.15, -0.1) is 0 Å². The number of halogens is 1. The minimum atomic E-state index is -0.360. The molecule has 0 radical (unpaired) electrons. The molecule has 1 aromatic heterocycles. The monoisotopic (exact) mass is 271 g/mol. The Labute approximate surface area is 116 Å². The summed E-state index contributed by atoms with van der Waals surface area (Å²) in [5.74, 6) is -0.332. The highest BCUT2D eigenvalue weighted by Gasteiger charge is 1.98. The second kappa shape index (κ2) is 7.04. The predicted octanol–water partition coefficient (Wildman–Crippen LogP) is 2.69. The zero-order valence-corrected chi connectivity index (χ0v) is 10.7. The first-order valence-corrected chi connectivity index (χ1v) is 6.10. The van der Waals surface area contributed by atoms with Crippen LogP contribution >= 0.6 is 0 Å². The molecule has 0 bridgehead atoms. The molecule has 0 saturated heterocycles. The zero-order chi connectivity index (χ0) is 14.2. The van der Waals surface area contributed by atoms with Crippen LogP contribution in [0.15, 0.2) is 55.0 Å². The predicted molar refractivity (Wildman–Crippen MR) is 75.0 cm³/mol. The Hall–Kier alpha value is -2.69. The van der Waals surface area contributed by atoms with Crippen molar-refractivity contribution in [2.45, 2.75) is 6.54 Å². The number of urea groups is 1. The molecule has 2 rings (SSSR count). The Morgan fingerprint density at radius 1 is 1.25 bits per heavy atom. The minimum Gasteiger partial charge on any atom is -0.334 e. The van der Waals surface area contributed by atoms with Gasteiger partial charge in [0.2, 0.25) is 0 Å². The third-order valence-corrected chi connectivity index (χ3v) is 2.56. The Morgan fingerprint density at radius 3 is 2.85 bits per heavy atom. The van der Waals surface area contributed by atoms with Crippen LogP contribution in [0.4, 0.5) is 9.18 Å². The van der Waals surface area contributed by atoms with Gasteiger partial charge < -0.3 is 10.6 Å². The molecule has 1 aromatic carbocycles. The van der Waals surface area contributed by atoms with Crippen molar-refractivity contribution < 1.29 is 9.18 Å². The Kier molecular flexibility index (Phi) is 4.83. The van der Waals surface area contributed by atoms with E-state index in [1.54, 1.807) is 36.7 Å². The van der Waals surface area contributed by atoms with Gasteiger partial charge in [0, 0.05) is 30.7 Å². The van der Waals surface area contributed by atoms with Crippen molar-refractivity contribution in [3.63, 3.8) is 0 Å². The third kappa shape index (κ3) is 4.20. The number of nitrogens with zero attached hydrogens (tertiary/aromatic N) is 1. The maximum Gasteiger partial charge on any atom is 0.319 e. The molecule has 0 atom stereocenters. The molecule has 2 aromatic rings. The lowest BCUT2D eigenvalue weighted by molar-refractivity contribution is 0.244. The highest BCUT2D eigenvalue weighted by molar-refractivity contribution is 5.75. The number of aromatic nitrogens is 1. The van der Waals surface area contributed by atoms with Gasteiger partial charge in [0.15, 0.2) is 0 Å². The number of rotatable bonds is 4. The van der Waals surface area contributed by atoms with Gasteiger partial charge in [0.1, 0.15) is 5.82 Å². The molecule has 102 valence electrons. The number of benzene rings is 1. The standard InChI is InChI=1S/C15H14FN3O/c16-14-6-2-1-5-13(14)7-9-18-15(20)19-11-12-4-3-8-17-10-12/h1-10H,11H2,(H2,18,19,20)/b9-7+. The van der Waals surface area contributed by atoms with E-state index in [1.165, 1.54) is 18.3 Å². The van der Waals surface area contributed by atoms with Crippen molar-refractivity contribution in [1.29, 1.82) is 0 Å². The average Bonchev–Trinajstić information content (AvgIpc) is 2.48. The smallest absolute Gasteiger partial charge is 0.319 e. The fourth-order valence-corrected chi connectivity index (χ4v) is 1.55. The molecule has 0 spiro atoms. The lowest BCUT2D eigenvalue weighted by Crippen LogP contribution is -2.31. The normalized spacial score (nSPS) is 10.4. The summed E-state index contributed by atoms with van der Waals surface area (Å²) in [6.07, 6.45) is 6.24. The Balaban J connectivity index is 1.79. The molecule has 20 heavy (non-hydrogen) atoms. The van der Waals surface area contributed by atoms with Crippen LogP contribution in [0.1, 0.15) is 11.1 Å². The lowest BCUT2D eigenvalue weighted by Gasteiger charge is -2.04. The fourth-order valence-electron chi connectivity index (χ4n) is 1.55. The summed E-state index contributed by atoms with van der Waals surface area (Å²) in [6.45, 7) is 0.382. The van der Waals surface area contributed by atoms with Gasteiger partial charge in [-0.2, -0.15) is 0 Å². The fraction of sp³-hybridized carbons (Fsp3) is 0.0667. The van der Waals surface area contributed by atoms with Gasteiger partial charge in [-0.25, -0.2) is 9.18 Å². The summed E-state index contributed by atoms with van der Waals surface area (Å²) in [6, 6.07) is 9.63. The van der Waals surface area contributed by atoms with Crippen molar-refractivity contribution in [1.82, 2.24) is 15.6 Å². The summed E-state index contributed by atoms with van der Waals surface area (Å²) in [4.78, 5) is 15.5. The van der Waals surface area contributed by atoms with Gasteiger partial charge in [-0.05, 0) is 23.8 Å². The Morgan fingerprint density at radius 2 is 2.10 bits per heavy atom. The SMILES string of the molecule is O=C(N/C=C/c1ccccc1F)NCc1cccnc1. The van der Waals surface area contributed by atoms with E-state index in [1.807, 2.05) is 6.07 Å². The van der Waals surface area contributed by atoms with Gasteiger partial charge >= 0.3 is 6.03 Å². The maximum atomic E-state index is 13.3. The van der Waals surface area contributed by atoms with E-state index in [9.17, 15) is 9.18 Å². The van der Waals surface area contributed by atoms with Crippen molar-refractivity contribution in [2.75, 3.05) is 0 Å². The van der Waals surface area contributed by atoms with Crippen LogP contribution in [-0.4, -0.2) is 11.0 Å². The lowest BCUT2D eigenvalue weighted by atomic mass is 10.2. The summed E-state index contributed by atoms with van der Waals surface area (Å²) in [7, 11) is 0. The molecule has 0 saturated carbocycles.